The van der Waals surface area contributed by atoms with Gasteiger partial charge >= 0.3 is 0 Å². The summed E-state index contributed by atoms with van der Waals surface area (Å²) >= 11 is 1.75. The lowest BCUT2D eigenvalue weighted by atomic mass is 10.0. The molecule has 1 saturated heterocycles. The van der Waals surface area contributed by atoms with E-state index < -0.39 is 10.1 Å². The third-order valence-corrected chi connectivity index (χ3v) is 9.72. The first kappa shape index (κ1) is 39.8. The van der Waals surface area contributed by atoms with E-state index in [1.807, 2.05) is 6.92 Å². The second-order valence-electron chi connectivity index (χ2n) is 12.4. The van der Waals surface area contributed by atoms with Crippen molar-refractivity contribution in [3.05, 3.63) is 46.9 Å². The molecule has 45 heavy (non-hydrogen) atoms. The number of thiazole rings is 1. The maximum Gasteiger partial charge on any atom is 0.224 e. The van der Waals surface area contributed by atoms with Crippen LogP contribution in [0.2, 0.25) is 0 Å². The number of aryl methyl sites for hydroxylation is 2. The van der Waals surface area contributed by atoms with Crippen molar-refractivity contribution in [2.45, 2.75) is 160 Å². The predicted molar refractivity (Wildman–Crippen MR) is 182 cm³/mol. The SMILES string of the molecule is CCCCCCCCCCCCCCCCC[C@@H]1OC[C@@H](COCCCCC[n+]2ccsc2)O1.Cc1ccc(S(=O)(=O)[O-])cc1. The predicted octanol–water partition coefficient (Wildman–Crippen LogP) is 9.12. The van der Waals surface area contributed by atoms with Crippen LogP contribution in [0.3, 0.4) is 0 Å². The van der Waals surface area contributed by atoms with Crippen LogP contribution in [0.15, 0.2) is 46.2 Å². The summed E-state index contributed by atoms with van der Waals surface area (Å²) in [7, 11) is -4.27. The number of rotatable bonds is 25. The molecule has 1 aromatic carbocycles. The number of aromatic nitrogens is 1. The summed E-state index contributed by atoms with van der Waals surface area (Å²) in [6.07, 6.45) is 27.9. The van der Waals surface area contributed by atoms with E-state index in [2.05, 4.69) is 28.6 Å². The van der Waals surface area contributed by atoms with Gasteiger partial charge in [0.25, 0.3) is 0 Å². The van der Waals surface area contributed by atoms with Gasteiger partial charge in [-0.25, -0.2) is 8.42 Å². The Kier molecular flexibility index (Phi) is 22.7. The Balaban J connectivity index is 0.000000537. The highest BCUT2D eigenvalue weighted by atomic mass is 32.2. The highest BCUT2D eigenvalue weighted by Crippen LogP contribution is 2.19. The van der Waals surface area contributed by atoms with Crippen molar-refractivity contribution >= 4 is 21.5 Å². The molecule has 0 amide bonds. The molecule has 1 aliphatic rings. The maximum atomic E-state index is 10.4. The first-order valence-electron chi connectivity index (χ1n) is 17.7. The van der Waals surface area contributed by atoms with Gasteiger partial charge in [-0.1, -0.05) is 126 Å². The molecule has 2 aromatic rings. The van der Waals surface area contributed by atoms with Crippen LogP contribution in [0.4, 0.5) is 0 Å². The van der Waals surface area contributed by atoms with Crippen molar-refractivity contribution in [2.75, 3.05) is 19.8 Å². The fourth-order valence-electron chi connectivity index (χ4n) is 5.41. The highest BCUT2D eigenvalue weighted by molar-refractivity contribution is 7.85. The van der Waals surface area contributed by atoms with E-state index in [4.69, 9.17) is 14.2 Å². The first-order chi connectivity index (χ1) is 21.9. The van der Waals surface area contributed by atoms with Gasteiger partial charge in [-0.05, 0) is 44.7 Å². The van der Waals surface area contributed by atoms with Crippen LogP contribution in [0.1, 0.15) is 134 Å². The van der Waals surface area contributed by atoms with Gasteiger partial charge in [0.05, 0.1) is 23.5 Å². The largest absolute Gasteiger partial charge is 0.744 e. The second kappa shape index (κ2) is 25.7. The van der Waals surface area contributed by atoms with E-state index in [-0.39, 0.29) is 17.3 Å². The van der Waals surface area contributed by atoms with E-state index in [0.29, 0.717) is 13.2 Å². The van der Waals surface area contributed by atoms with Crippen molar-refractivity contribution in [1.29, 1.82) is 0 Å². The fraction of sp³-hybridized carbons (Fsp3) is 0.750. The molecule has 0 bridgehead atoms. The van der Waals surface area contributed by atoms with Crippen LogP contribution >= 0.6 is 11.3 Å². The number of nitrogens with zero attached hydrogens (tertiary/aromatic N) is 1. The fourth-order valence-corrected chi connectivity index (χ4v) is 6.51. The van der Waals surface area contributed by atoms with Crippen molar-refractivity contribution in [2.24, 2.45) is 0 Å². The number of hydrogen-bond acceptors (Lipinski definition) is 7. The number of benzene rings is 1. The molecule has 1 aliphatic heterocycles. The maximum absolute atomic E-state index is 10.4. The van der Waals surface area contributed by atoms with Gasteiger partial charge < -0.3 is 18.8 Å². The minimum Gasteiger partial charge on any atom is -0.744 e. The van der Waals surface area contributed by atoms with E-state index >= 15 is 0 Å². The minimum atomic E-state index is -4.27. The summed E-state index contributed by atoms with van der Waals surface area (Å²) in [6.45, 7) is 7.43. The Hall–Kier alpha value is -1.36. The van der Waals surface area contributed by atoms with Crippen LogP contribution in [0.25, 0.3) is 0 Å². The van der Waals surface area contributed by atoms with Crippen LogP contribution in [0.5, 0.6) is 0 Å². The Morgan fingerprint density at radius 3 is 1.98 bits per heavy atom. The van der Waals surface area contributed by atoms with Crippen LogP contribution in [-0.4, -0.2) is 45.2 Å². The molecular formula is C36H61NO6S2. The minimum absolute atomic E-state index is 0.00166. The summed E-state index contributed by atoms with van der Waals surface area (Å²) in [5.41, 5.74) is 3.10. The van der Waals surface area contributed by atoms with Gasteiger partial charge in [-0.3, -0.25) is 0 Å². The molecule has 7 nitrogen and oxygen atoms in total. The van der Waals surface area contributed by atoms with Gasteiger partial charge in [0.2, 0.25) is 5.51 Å². The number of hydrogen-bond donors (Lipinski definition) is 0. The molecule has 1 aromatic heterocycles. The molecule has 9 heteroatoms. The van der Waals surface area contributed by atoms with Crippen molar-refractivity contribution in [1.82, 2.24) is 0 Å². The third-order valence-electron chi connectivity index (χ3n) is 8.20. The van der Waals surface area contributed by atoms with Crippen molar-refractivity contribution in [3.8, 4) is 0 Å². The summed E-state index contributed by atoms with van der Waals surface area (Å²) in [6, 6.07) is 5.78. The Labute approximate surface area is 278 Å². The summed E-state index contributed by atoms with van der Waals surface area (Å²) < 4.78 is 51.1. The molecule has 0 aliphatic carbocycles. The molecule has 0 saturated carbocycles. The molecular weight excluding hydrogens is 607 g/mol. The number of ether oxygens (including phenoxy) is 3. The van der Waals surface area contributed by atoms with Crippen LogP contribution in [-0.2, 0) is 30.9 Å². The molecule has 258 valence electrons. The first-order valence-corrected chi connectivity index (χ1v) is 20.0. The molecule has 2 heterocycles. The lowest BCUT2D eigenvalue weighted by molar-refractivity contribution is -0.692. The van der Waals surface area contributed by atoms with Gasteiger partial charge in [0.1, 0.15) is 22.8 Å². The van der Waals surface area contributed by atoms with Crippen molar-refractivity contribution in [3.63, 3.8) is 0 Å². The lowest BCUT2D eigenvalue weighted by Crippen LogP contribution is -2.29. The summed E-state index contributed by atoms with van der Waals surface area (Å²) in [5, 5.41) is 2.13. The van der Waals surface area contributed by atoms with Gasteiger partial charge in [0, 0.05) is 13.0 Å². The summed E-state index contributed by atoms with van der Waals surface area (Å²) in [5.74, 6) is 0. The van der Waals surface area contributed by atoms with Gasteiger partial charge in [-0.2, -0.15) is 4.57 Å². The zero-order valence-corrected chi connectivity index (χ0v) is 29.8. The molecule has 1 fully saturated rings. The lowest BCUT2D eigenvalue weighted by Gasteiger charge is -2.12. The second-order valence-corrected chi connectivity index (χ2v) is 14.6. The van der Waals surface area contributed by atoms with Crippen LogP contribution < -0.4 is 4.57 Å². The average Bonchev–Trinajstić information content (AvgIpc) is 3.71. The van der Waals surface area contributed by atoms with E-state index in [0.717, 1.165) is 31.6 Å². The van der Waals surface area contributed by atoms with E-state index in [1.165, 1.54) is 121 Å². The standard InChI is InChI=1S/C29H54NO3S.C7H8O3S/c1-2-3-4-5-6-7-8-9-10-11-12-13-14-15-17-20-29-32-26-28(33-29)25-31-23-19-16-18-21-30-22-24-34-27-30;1-6-2-4-7(5-3-6)11(8,9)10/h22,24,27-29H,2-21,23,25-26H2,1H3;2-5H,1H3,(H,8,9,10)/q+1;/p-1/t28-,29-;/m1./s1. The topological polar surface area (TPSA) is 88.8 Å². The molecule has 0 radical (unpaired) electrons. The Morgan fingerprint density at radius 1 is 0.844 bits per heavy atom. The zero-order chi connectivity index (χ0) is 32.4. The van der Waals surface area contributed by atoms with Crippen LogP contribution in [0, 0.1) is 6.92 Å². The molecule has 0 spiro atoms. The van der Waals surface area contributed by atoms with E-state index in [9.17, 15) is 13.0 Å². The Morgan fingerprint density at radius 2 is 1.42 bits per heavy atom. The number of unbranched alkanes of at least 4 members (excludes halogenated alkanes) is 16. The normalized spacial score (nSPS) is 16.5. The quantitative estimate of drug-likeness (QED) is 0.0596. The molecule has 2 atom stereocenters. The monoisotopic (exact) mass is 667 g/mol. The Bertz CT molecular complexity index is 1050. The smallest absolute Gasteiger partial charge is 0.224 e. The molecule has 0 N–H and O–H groups in total. The van der Waals surface area contributed by atoms with E-state index in [1.54, 1.807) is 23.5 Å². The third kappa shape index (κ3) is 21.2. The molecule has 3 rings (SSSR count). The zero-order valence-electron chi connectivity index (χ0n) is 28.2. The average molecular weight is 668 g/mol. The van der Waals surface area contributed by atoms with Gasteiger partial charge in [-0.15, -0.1) is 0 Å². The van der Waals surface area contributed by atoms with Gasteiger partial charge in [0.15, 0.2) is 12.5 Å². The summed E-state index contributed by atoms with van der Waals surface area (Å²) in [4.78, 5) is -0.178. The molecule has 0 unspecified atom stereocenters. The highest BCUT2D eigenvalue weighted by Gasteiger charge is 2.25. The van der Waals surface area contributed by atoms with Crippen molar-refractivity contribution < 1.29 is 31.7 Å².